The van der Waals surface area contributed by atoms with E-state index < -0.39 is 0 Å². The van der Waals surface area contributed by atoms with Gasteiger partial charge in [0.15, 0.2) is 0 Å². The normalized spacial score (nSPS) is 16.6. The molecule has 1 amide bonds. The van der Waals surface area contributed by atoms with Crippen molar-refractivity contribution in [3.63, 3.8) is 0 Å². The summed E-state index contributed by atoms with van der Waals surface area (Å²) in [6.45, 7) is 10.8. The van der Waals surface area contributed by atoms with Gasteiger partial charge in [0.05, 0.1) is 0 Å². The number of amides is 1. The fraction of sp³-hybridized carbons (Fsp3) is 0.432. The molecule has 2 saturated heterocycles. The summed E-state index contributed by atoms with van der Waals surface area (Å²) in [5.41, 5.74) is 5.33. The number of carbonyl (C=O) groups excluding carboxylic acids is 1. The van der Waals surface area contributed by atoms with Crippen LogP contribution in [-0.2, 0) is 6.54 Å². The Kier molecular flexibility index (Phi) is 9.76. The molecular formula is C37H46N4O2. The van der Waals surface area contributed by atoms with Crippen molar-refractivity contribution < 1.29 is 9.53 Å². The Morgan fingerprint density at radius 3 is 2.09 bits per heavy atom. The first-order valence-electron chi connectivity index (χ1n) is 16.3. The predicted octanol–water partition coefficient (Wildman–Crippen LogP) is 6.53. The predicted molar refractivity (Wildman–Crippen MR) is 175 cm³/mol. The van der Waals surface area contributed by atoms with Crippen LogP contribution < -0.4 is 10.1 Å². The first-order chi connectivity index (χ1) is 21.2. The zero-order valence-corrected chi connectivity index (χ0v) is 25.6. The lowest BCUT2D eigenvalue weighted by atomic mass is 9.83. The van der Waals surface area contributed by atoms with Gasteiger partial charge in [-0.1, -0.05) is 67.6 Å². The van der Waals surface area contributed by atoms with Gasteiger partial charge < -0.3 is 19.5 Å². The quantitative estimate of drug-likeness (QED) is 0.196. The van der Waals surface area contributed by atoms with Crippen molar-refractivity contribution in [3.8, 4) is 5.75 Å². The van der Waals surface area contributed by atoms with Crippen molar-refractivity contribution in [2.45, 2.75) is 51.5 Å². The van der Waals surface area contributed by atoms with Gasteiger partial charge in [-0.2, -0.15) is 0 Å². The smallest absolute Gasteiger partial charge is 0.268 e. The topological polar surface area (TPSA) is 49.7 Å². The molecule has 2 aliphatic rings. The molecule has 0 saturated carbocycles. The summed E-state index contributed by atoms with van der Waals surface area (Å²) in [5.74, 6) is 0.807. The van der Waals surface area contributed by atoms with Crippen LogP contribution in [-0.4, -0.2) is 72.7 Å². The fourth-order valence-corrected chi connectivity index (χ4v) is 6.90. The van der Waals surface area contributed by atoms with E-state index in [4.69, 9.17) is 4.74 Å². The Bertz CT molecular complexity index is 1470. The summed E-state index contributed by atoms with van der Waals surface area (Å²) in [7, 11) is 0. The van der Waals surface area contributed by atoms with Crippen molar-refractivity contribution in [3.05, 3.63) is 101 Å². The van der Waals surface area contributed by atoms with Crippen LogP contribution in [0.25, 0.3) is 10.9 Å². The van der Waals surface area contributed by atoms with Gasteiger partial charge in [0.25, 0.3) is 5.91 Å². The second-order valence-corrected chi connectivity index (χ2v) is 12.0. The van der Waals surface area contributed by atoms with Crippen molar-refractivity contribution in [2.24, 2.45) is 0 Å². The molecule has 0 spiro atoms. The van der Waals surface area contributed by atoms with Crippen molar-refractivity contribution in [1.82, 2.24) is 19.7 Å². The molecular weight excluding hydrogens is 532 g/mol. The maximum atomic E-state index is 14.1. The molecule has 6 nitrogen and oxygen atoms in total. The minimum absolute atomic E-state index is 0.0114. The van der Waals surface area contributed by atoms with Crippen LogP contribution in [0.3, 0.4) is 0 Å². The summed E-state index contributed by atoms with van der Waals surface area (Å²) in [6, 6.07) is 27.8. The molecule has 2 aliphatic heterocycles. The molecule has 3 aromatic carbocycles. The Morgan fingerprint density at radius 1 is 0.767 bits per heavy atom. The number of rotatable bonds is 13. The molecule has 2 fully saturated rings. The maximum absolute atomic E-state index is 14.1. The number of likely N-dealkylation sites (tertiary alicyclic amines) is 2. The largest absolute Gasteiger partial charge is 0.492 e. The molecule has 1 aromatic heterocycles. The summed E-state index contributed by atoms with van der Waals surface area (Å²) >= 11 is 0. The monoisotopic (exact) mass is 578 g/mol. The van der Waals surface area contributed by atoms with Gasteiger partial charge in [0, 0.05) is 48.6 Å². The van der Waals surface area contributed by atoms with Crippen molar-refractivity contribution in [2.75, 3.05) is 52.4 Å². The van der Waals surface area contributed by atoms with Gasteiger partial charge in [0.2, 0.25) is 0 Å². The number of nitrogens with zero attached hydrogens (tertiary/aromatic N) is 3. The molecule has 0 radical (unpaired) electrons. The van der Waals surface area contributed by atoms with E-state index in [0.717, 1.165) is 72.6 Å². The highest BCUT2D eigenvalue weighted by Crippen LogP contribution is 2.40. The van der Waals surface area contributed by atoms with Gasteiger partial charge in [-0.15, -0.1) is 0 Å². The van der Waals surface area contributed by atoms with E-state index in [-0.39, 0.29) is 11.8 Å². The second-order valence-electron chi connectivity index (χ2n) is 12.0. The lowest BCUT2D eigenvalue weighted by Crippen LogP contribution is -2.30. The van der Waals surface area contributed by atoms with Crippen molar-refractivity contribution in [1.29, 1.82) is 0 Å². The van der Waals surface area contributed by atoms with Crippen LogP contribution in [0.2, 0.25) is 0 Å². The number of benzene rings is 3. The average molecular weight is 579 g/mol. The first-order valence-corrected chi connectivity index (χ1v) is 16.3. The number of ether oxygens (including phenoxy) is 1. The van der Waals surface area contributed by atoms with Crippen LogP contribution in [0.1, 0.15) is 72.1 Å². The highest BCUT2D eigenvalue weighted by molar-refractivity contribution is 6.02. The van der Waals surface area contributed by atoms with E-state index in [1.54, 1.807) is 0 Å². The van der Waals surface area contributed by atoms with Crippen LogP contribution >= 0.6 is 0 Å². The van der Waals surface area contributed by atoms with Gasteiger partial charge in [-0.3, -0.25) is 9.69 Å². The Morgan fingerprint density at radius 2 is 1.40 bits per heavy atom. The van der Waals surface area contributed by atoms with Crippen molar-refractivity contribution >= 4 is 16.8 Å². The van der Waals surface area contributed by atoms with Crippen LogP contribution in [0, 0.1) is 0 Å². The van der Waals surface area contributed by atoms with E-state index in [1.807, 2.05) is 0 Å². The summed E-state index contributed by atoms with van der Waals surface area (Å²) < 4.78 is 8.45. The van der Waals surface area contributed by atoms with E-state index in [1.165, 1.54) is 44.3 Å². The SMILES string of the molecule is CCCNC(=O)c1c(C(c2ccccc2)c2ccc(OCCN3CCCC3)cc2)c2ccccc2n1CCN1CCCC1. The number of carbonyl (C=O) groups is 1. The lowest BCUT2D eigenvalue weighted by molar-refractivity contribution is 0.0943. The van der Waals surface area contributed by atoms with E-state index in [2.05, 4.69) is 105 Å². The van der Waals surface area contributed by atoms with E-state index in [9.17, 15) is 4.79 Å². The van der Waals surface area contributed by atoms with Gasteiger partial charge >= 0.3 is 0 Å². The van der Waals surface area contributed by atoms with E-state index in [0.29, 0.717) is 13.2 Å². The Labute approximate surface area is 256 Å². The standard InChI is InChI=1S/C37H46N4O2/c1-2-20-38-37(42)36-35(32-14-6-7-15-33(32)41(36)26-25-39-21-8-9-22-39)34(29-12-4-3-5-13-29)30-16-18-31(19-17-30)43-28-27-40-23-10-11-24-40/h3-7,12-19,34H,2,8-11,20-28H2,1H3,(H,38,42). The molecule has 1 N–H and O–H groups in total. The minimum atomic E-state index is -0.0971. The molecule has 226 valence electrons. The highest BCUT2D eigenvalue weighted by Gasteiger charge is 2.30. The molecule has 6 heteroatoms. The van der Waals surface area contributed by atoms with Crippen LogP contribution in [0.5, 0.6) is 5.75 Å². The molecule has 3 heterocycles. The van der Waals surface area contributed by atoms with Gasteiger partial charge in [-0.05, 0) is 87.6 Å². The molecule has 0 aliphatic carbocycles. The van der Waals surface area contributed by atoms with Gasteiger partial charge in [-0.25, -0.2) is 0 Å². The number of nitrogens with one attached hydrogen (secondary N) is 1. The molecule has 4 aromatic rings. The molecule has 43 heavy (non-hydrogen) atoms. The zero-order chi connectivity index (χ0) is 29.4. The second kappa shape index (κ2) is 14.2. The zero-order valence-electron chi connectivity index (χ0n) is 25.6. The highest BCUT2D eigenvalue weighted by atomic mass is 16.5. The summed E-state index contributed by atoms with van der Waals surface area (Å²) in [4.78, 5) is 19.1. The number of hydrogen-bond donors (Lipinski definition) is 1. The molecule has 1 atom stereocenters. The van der Waals surface area contributed by atoms with Crippen LogP contribution in [0.15, 0.2) is 78.9 Å². The Balaban J connectivity index is 1.40. The number of para-hydroxylation sites is 1. The molecule has 6 rings (SSSR count). The number of aromatic nitrogens is 1. The molecule has 1 unspecified atom stereocenters. The minimum Gasteiger partial charge on any atom is -0.492 e. The molecule has 0 bridgehead atoms. The summed E-state index contributed by atoms with van der Waals surface area (Å²) in [6.07, 6.45) is 6.01. The Hall–Kier alpha value is -3.61. The third-order valence-electron chi connectivity index (χ3n) is 9.11. The fourth-order valence-electron chi connectivity index (χ4n) is 6.90. The number of fused-ring (bicyclic) bond motifs is 1. The average Bonchev–Trinajstić information content (AvgIpc) is 3.82. The van der Waals surface area contributed by atoms with E-state index >= 15 is 0 Å². The first kappa shape index (κ1) is 29.5. The van der Waals surface area contributed by atoms with Crippen LogP contribution in [0.4, 0.5) is 0 Å². The lowest BCUT2D eigenvalue weighted by Gasteiger charge is -2.22. The van der Waals surface area contributed by atoms with Gasteiger partial charge in [0.1, 0.15) is 18.1 Å². The summed E-state index contributed by atoms with van der Waals surface area (Å²) in [5, 5.41) is 4.38. The number of hydrogen-bond acceptors (Lipinski definition) is 4. The third kappa shape index (κ3) is 6.81. The third-order valence-corrected chi connectivity index (χ3v) is 9.11. The maximum Gasteiger partial charge on any atom is 0.268 e.